The van der Waals surface area contributed by atoms with Crippen molar-refractivity contribution in [2.24, 2.45) is 0 Å². The fourth-order valence-corrected chi connectivity index (χ4v) is 4.36. The summed E-state index contributed by atoms with van der Waals surface area (Å²) in [7, 11) is 0. The van der Waals surface area contributed by atoms with E-state index >= 15 is 0 Å². The summed E-state index contributed by atoms with van der Waals surface area (Å²) in [5.41, 5.74) is 3.54. The number of nitrogens with one attached hydrogen (secondary N) is 1. The molecule has 1 fully saturated rings. The molecule has 0 atom stereocenters. The molecule has 1 aromatic heterocycles. The van der Waals surface area contributed by atoms with Crippen LogP contribution in [0.5, 0.6) is 0 Å². The predicted octanol–water partition coefficient (Wildman–Crippen LogP) is 3.18. The fraction of sp³-hybridized carbons (Fsp3) is 0.389. The van der Waals surface area contributed by atoms with Gasteiger partial charge in [0.1, 0.15) is 0 Å². The van der Waals surface area contributed by atoms with Gasteiger partial charge in [0.15, 0.2) is 0 Å². The smallest absolute Gasteiger partial charge is 0.252 e. The van der Waals surface area contributed by atoms with Crippen molar-refractivity contribution in [2.75, 3.05) is 19.6 Å². The van der Waals surface area contributed by atoms with Crippen LogP contribution in [0.2, 0.25) is 0 Å². The molecule has 1 saturated heterocycles. The van der Waals surface area contributed by atoms with E-state index in [1.165, 1.54) is 0 Å². The molecule has 7 heteroatoms. The Hall–Kier alpha value is -1.86. The van der Waals surface area contributed by atoms with Crippen molar-refractivity contribution in [3.63, 3.8) is 0 Å². The molecular formula is C18H21N3O2S2. The molecule has 0 unspecified atom stereocenters. The van der Waals surface area contributed by atoms with Crippen molar-refractivity contribution in [1.29, 1.82) is 0 Å². The molecular weight excluding hydrogens is 354 g/mol. The highest BCUT2D eigenvalue weighted by Crippen LogP contribution is 2.26. The monoisotopic (exact) mass is 375 g/mol. The maximum Gasteiger partial charge on any atom is 0.252 e. The molecule has 0 spiro atoms. The third-order valence-electron chi connectivity index (χ3n) is 4.05. The van der Waals surface area contributed by atoms with Crippen molar-refractivity contribution in [3.05, 3.63) is 46.4 Å². The molecule has 0 saturated carbocycles. The minimum absolute atomic E-state index is 0.0610. The van der Waals surface area contributed by atoms with Crippen LogP contribution in [-0.4, -0.2) is 41.3 Å². The first-order valence-corrected chi connectivity index (χ1v) is 10.3. The average Bonchev–Trinajstić information content (AvgIpc) is 3.29. The summed E-state index contributed by atoms with van der Waals surface area (Å²) in [6, 6.07) is 7.64. The number of aromatic nitrogens is 1. The number of nitrogens with zero attached hydrogens (tertiary/aromatic N) is 2. The van der Waals surface area contributed by atoms with E-state index in [0.717, 1.165) is 42.3 Å². The lowest BCUT2D eigenvalue weighted by atomic mass is 10.2. The Labute approximate surface area is 155 Å². The van der Waals surface area contributed by atoms with Gasteiger partial charge in [-0.1, -0.05) is 12.1 Å². The zero-order valence-corrected chi connectivity index (χ0v) is 15.6. The Balaban J connectivity index is 1.48. The number of hydrogen-bond donors (Lipinski definition) is 1. The van der Waals surface area contributed by atoms with Gasteiger partial charge in [0.25, 0.3) is 5.91 Å². The summed E-state index contributed by atoms with van der Waals surface area (Å²) < 4.78 is 0. The molecule has 5 nitrogen and oxygen atoms in total. The zero-order chi connectivity index (χ0) is 17.5. The number of carbonyl (C=O) groups is 2. The number of rotatable bonds is 8. The predicted molar refractivity (Wildman–Crippen MR) is 101 cm³/mol. The summed E-state index contributed by atoms with van der Waals surface area (Å²) in [4.78, 5) is 31.2. The number of carbonyl (C=O) groups excluding carboxylic acids is 2. The third-order valence-corrected chi connectivity index (χ3v) is 5.79. The second-order valence-corrected chi connectivity index (χ2v) is 7.59. The molecule has 1 aliphatic heterocycles. The summed E-state index contributed by atoms with van der Waals surface area (Å²) in [5.74, 6) is 0.925. The molecule has 1 aromatic carbocycles. The van der Waals surface area contributed by atoms with Crippen molar-refractivity contribution >= 4 is 34.9 Å². The van der Waals surface area contributed by atoms with Gasteiger partial charge in [0.05, 0.1) is 16.8 Å². The molecule has 132 valence electrons. The Morgan fingerprint density at radius 1 is 1.36 bits per heavy atom. The largest absolute Gasteiger partial charge is 0.352 e. The van der Waals surface area contributed by atoms with Gasteiger partial charge in [-0.3, -0.25) is 9.59 Å². The van der Waals surface area contributed by atoms with E-state index in [1.54, 1.807) is 23.1 Å². The average molecular weight is 376 g/mol. The first-order chi connectivity index (χ1) is 12.2. The summed E-state index contributed by atoms with van der Waals surface area (Å²) in [6.45, 7) is 2.15. The molecule has 0 radical (unpaired) electrons. The molecule has 1 aliphatic rings. The molecule has 2 amide bonds. The Morgan fingerprint density at radius 3 is 3.00 bits per heavy atom. The van der Waals surface area contributed by atoms with Crippen LogP contribution in [0.1, 0.15) is 35.3 Å². The molecule has 0 aliphatic carbocycles. The summed E-state index contributed by atoms with van der Waals surface area (Å²) in [5, 5.41) is 4.99. The quantitative estimate of drug-likeness (QED) is 0.569. The van der Waals surface area contributed by atoms with Crippen LogP contribution in [0.15, 0.2) is 40.1 Å². The normalized spacial score (nSPS) is 14.1. The minimum Gasteiger partial charge on any atom is -0.352 e. The third kappa shape index (κ3) is 5.06. The van der Waals surface area contributed by atoms with E-state index in [4.69, 9.17) is 0 Å². The van der Waals surface area contributed by atoms with E-state index in [-0.39, 0.29) is 11.8 Å². The van der Waals surface area contributed by atoms with Gasteiger partial charge in [-0.2, -0.15) is 0 Å². The number of likely N-dealkylation sites (tertiary alicyclic amines) is 1. The van der Waals surface area contributed by atoms with Gasteiger partial charge in [0, 0.05) is 42.1 Å². The van der Waals surface area contributed by atoms with Gasteiger partial charge < -0.3 is 10.2 Å². The Bertz CT molecular complexity index is 719. The fourth-order valence-electron chi connectivity index (χ4n) is 2.75. The van der Waals surface area contributed by atoms with Crippen LogP contribution < -0.4 is 5.32 Å². The topological polar surface area (TPSA) is 62.3 Å². The van der Waals surface area contributed by atoms with Crippen molar-refractivity contribution in [2.45, 2.75) is 29.9 Å². The first-order valence-electron chi connectivity index (χ1n) is 8.39. The first kappa shape index (κ1) is 17.9. The summed E-state index contributed by atoms with van der Waals surface area (Å²) >= 11 is 3.20. The number of hydrogen-bond acceptors (Lipinski definition) is 5. The summed E-state index contributed by atoms with van der Waals surface area (Å²) in [6.07, 6.45) is 2.40. The van der Waals surface area contributed by atoms with Gasteiger partial charge in [-0.25, -0.2) is 4.98 Å². The van der Waals surface area contributed by atoms with Crippen molar-refractivity contribution in [3.8, 4) is 0 Å². The highest BCUT2D eigenvalue weighted by Gasteiger charge is 2.19. The highest BCUT2D eigenvalue weighted by atomic mass is 32.2. The zero-order valence-electron chi connectivity index (χ0n) is 13.9. The number of benzene rings is 1. The van der Waals surface area contributed by atoms with Gasteiger partial charge in [0.2, 0.25) is 5.91 Å². The Kier molecular flexibility index (Phi) is 6.47. The van der Waals surface area contributed by atoms with Crippen LogP contribution in [0.4, 0.5) is 0 Å². The minimum atomic E-state index is -0.0610. The van der Waals surface area contributed by atoms with E-state index in [2.05, 4.69) is 10.3 Å². The molecule has 0 bridgehead atoms. The van der Waals surface area contributed by atoms with Gasteiger partial charge in [-0.15, -0.1) is 23.1 Å². The van der Waals surface area contributed by atoms with Crippen molar-refractivity contribution < 1.29 is 9.59 Å². The lowest BCUT2D eigenvalue weighted by Crippen LogP contribution is -2.30. The van der Waals surface area contributed by atoms with E-state index in [9.17, 15) is 9.59 Å². The highest BCUT2D eigenvalue weighted by molar-refractivity contribution is 7.98. The second kappa shape index (κ2) is 9.01. The molecule has 25 heavy (non-hydrogen) atoms. The lowest BCUT2D eigenvalue weighted by Gasteiger charge is -2.15. The molecule has 2 aromatic rings. The Morgan fingerprint density at radius 2 is 2.24 bits per heavy atom. The van der Waals surface area contributed by atoms with Crippen LogP contribution in [-0.2, 0) is 10.5 Å². The number of amides is 2. The SMILES string of the molecule is O=C(NCCCN1CCCC1=O)c1ccccc1SCc1cscn1. The molecule has 1 N–H and O–H groups in total. The molecule has 3 rings (SSSR count). The maximum atomic E-state index is 12.5. The van der Waals surface area contributed by atoms with Gasteiger partial charge in [-0.05, 0) is 25.0 Å². The second-order valence-electron chi connectivity index (χ2n) is 5.86. The number of thiazole rings is 1. The maximum absolute atomic E-state index is 12.5. The van der Waals surface area contributed by atoms with Crippen LogP contribution in [0.25, 0.3) is 0 Å². The van der Waals surface area contributed by atoms with Gasteiger partial charge >= 0.3 is 0 Å². The van der Waals surface area contributed by atoms with E-state index in [0.29, 0.717) is 18.5 Å². The standard InChI is InChI=1S/C18H21N3O2S2/c22-17-7-3-9-21(17)10-4-8-19-18(23)15-5-1-2-6-16(15)25-12-14-11-24-13-20-14/h1-2,5-6,11,13H,3-4,7-10,12H2,(H,19,23). The van der Waals surface area contributed by atoms with E-state index in [1.807, 2.05) is 40.1 Å². The van der Waals surface area contributed by atoms with Crippen LogP contribution in [0.3, 0.4) is 0 Å². The number of thioether (sulfide) groups is 1. The van der Waals surface area contributed by atoms with Crippen LogP contribution >= 0.6 is 23.1 Å². The molecule has 2 heterocycles. The van der Waals surface area contributed by atoms with E-state index < -0.39 is 0 Å². The lowest BCUT2D eigenvalue weighted by molar-refractivity contribution is -0.127. The van der Waals surface area contributed by atoms with Crippen molar-refractivity contribution in [1.82, 2.24) is 15.2 Å². The van der Waals surface area contributed by atoms with Crippen LogP contribution in [0, 0.1) is 0 Å².